The van der Waals surface area contributed by atoms with Crippen LogP contribution in [0.4, 0.5) is 0 Å². The van der Waals surface area contributed by atoms with E-state index in [1.807, 2.05) is 13.0 Å². The molecule has 96 valence electrons. The summed E-state index contributed by atoms with van der Waals surface area (Å²) in [7, 11) is 0. The minimum atomic E-state index is 0.729. The number of benzene rings is 1. The van der Waals surface area contributed by atoms with Crippen molar-refractivity contribution in [2.45, 2.75) is 20.8 Å². The first kappa shape index (κ1) is 12.4. The fourth-order valence-electron chi connectivity index (χ4n) is 2.69. The van der Waals surface area contributed by atoms with Gasteiger partial charge in [-0.05, 0) is 44.0 Å². The molecule has 0 N–H and O–H groups in total. The van der Waals surface area contributed by atoms with E-state index in [0.717, 1.165) is 33.7 Å². The van der Waals surface area contributed by atoms with Crippen LogP contribution < -0.4 is 0 Å². The standard InChI is InChI=1S/C16H15ClN2/c1-9-7-13(14-10(2)8-19-11(14)3)15(17)16-12(9)5-4-6-18-16/h4-7H,8H2,1-3H3. The van der Waals surface area contributed by atoms with Crippen LogP contribution in [-0.2, 0) is 0 Å². The number of allylic oxidation sites excluding steroid dienone is 1. The van der Waals surface area contributed by atoms with Crippen molar-refractivity contribution in [3.63, 3.8) is 0 Å². The number of pyridine rings is 1. The predicted octanol–water partition coefficient (Wildman–Crippen LogP) is 4.44. The van der Waals surface area contributed by atoms with E-state index in [1.54, 1.807) is 6.20 Å². The van der Waals surface area contributed by atoms with Crippen molar-refractivity contribution < 1.29 is 0 Å². The minimum absolute atomic E-state index is 0.729. The second kappa shape index (κ2) is 4.46. The third-order valence-electron chi connectivity index (χ3n) is 3.65. The van der Waals surface area contributed by atoms with Crippen molar-refractivity contribution in [2.75, 3.05) is 6.54 Å². The summed E-state index contributed by atoms with van der Waals surface area (Å²) in [6.45, 7) is 7.03. The Hall–Kier alpha value is -1.67. The van der Waals surface area contributed by atoms with Gasteiger partial charge in [0.15, 0.2) is 0 Å². The zero-order valence-electron chi connectivity index (χ0n) is 11.3. The van der Waals surface area contributed by atoms with Gasteiger partial charge in [-0.1, -0.05) is 17.7 Å². The molecule has 2 aromatic rings. The summed E-state index contributed by atoms with van der Waals surface area (Å²) in [5, 5.41) is 1.84. The first-order chi connectivity index (χ1) is 9.09. The highest BCUT2D eigenvalue weighted by Gasteiger charge is 2.19. The zero-order valence-corrected chi connectivity index (χ0v) is 12.0. The molecule has 0 amide bonds. The molecule has 0 unspecified atom stereocenters. The average Bonchev–Trinajstić information content (AvgIpc) is 2.74. The Balaban J connectivity index is 2.35. The number of halogens is 1. The number of aryl methyl sites for hydroxylation is 1. The van der Waals surface area contributed by atoms with Gasteiger partial charge in [-0.2, -0.15) is 0 Å². The fourth-order valence-corrected chi connectivity index (χ4v) is 2.99. The molecule has 1 aliphatic rings. The van der Waals surface area contributed by atoms with Crippen LogP contribution in [0.25, 0.3) is 16.5 Å². The van der Waals surface area contributed by atoms with Gasteiger partial charge in [-0.3, -0.25) is 9.98 Å². The molecule has 0 fully saturated rings. The maximum Gasteiger partial charge on any atom is 0.0897 e. The second-order valence-electron chi connectivity index (χ2n) is 5.01. The number of hydrogen-bond acceptors (Lipinski definition) is 2. The van der Waals surface area contributed by atoms with Crippen molar-refractivity contribution in [3.05, 3.63) is 46.1 Å². The summed E-state index contributed by atoms with van der Waals surface area (Å²) in [4.78, 5) is 8.92. The Morgan fingerprint density at radius 3 is 2.68 bits per heavy atom. The molecule has 0 saturated heterocycles. The van der Waals surface area contributed by atoms with E-state index < -0.39 is 0 Å². The van der Waals surface area contributed by atoms with E-state index in [0.29, 0.717) is 0 Å². The van der Waals surface area contributed by atoms with Gasteiger partial charge in [0.2, 0.25) is 0 Å². The lowest BCUT2D eigenvalue weighted by atomic mass is 9.95. The van der Waals surface area contributed by atoms with Gasteiger partial charge in [0.1, 0.15) is 0 Å². The number of fused-ring (bicyclic) bond motifs is 1. The molecular formula is C16H15ClN2. The quantitative estimate of drug-likeness (QED) is 0.752. The van der Waals surface area contributed by atoms with Crippen LogP contribution in [0.5, 0.6) is 0 Å². The Morgan fingerprint density at radius 1 is 1.21 bits per heavy atom. The molecule has 1 aromatic carbocycles. The van der Waals surface area contributed by atoms with Crippen molar-refractivity contribution in [1.82, 2.24) is 4.98 Å². The van der Waals surface area contributed by atoms with E-state index >= 15 is 0 Å². The van der Waals surface area contributed by atoms with Gasteiger partial charge < -0.3 is 0 Å². The molecule has 0 atom stereocenters. The maximum absolute atomic E-state index is 6.57. The first-order valence-corrected chi connectivity index (χ1v) is 6.72. The van der Waals surface area contributed by atoms with Crippen LogP contribution >= 0.6 is 11.6 Å². The summed E-state index contributed by atoms with van der Waals surface area (Å²) in [6.07, 6.45) is 1.79. The highest BCUT2D eigenvalue weighted by Crippen LogP contribution is 2.36. The normalized spacial score (nSPS) is 15.3. The lowest BCUT2D eigenvalue weighted by Gasteiger charge is -2.12. The Kier molecular flexibility index (Phi) is 2.90. The van der Waals surface area contributed by atoms with Crippen molar-refractivity contribution in [2.24, 2.45) is 4.99 Å². The van der Waals surface area contributed by atoms with Crippen LogP contribution in [0.3, 0.4) is 0 Å². The fraction of sp³-hybridized carbons (Fsp3) is 0.250. The molecule has 1 aromatic heterocycles. The van der Waals surface area contributed by atoms with Crippen LogP contribution in [0, 0.1) is 6.92 Å². The monoisotopic (exact) mass is 270 g/mol. The van der Waals surface area contributed by atoms with Gasteiger partial charge in [0.05, 0.1) is 17.1 Å². The van der Waals surface area contributed by atoms with Crippen LogP contribution in [0.15, 0.2) is 35.0 Å². The van der Waals surface area contributed by atoms with Crippen LogP contribution in [0.2, 0.25) is 5.02 Å². The molecule has 0 aliphatic carbocycles. The van der Waals surface area contributed by atoms with Gasteiger partial charge >= 0.3 is 0 Å². The van der Waals surface area contributed by atoms with Crippen molar-refractivity contribution in [1.29, 1.82) is 0 Å². The van der Waals surface area contributed by atoms with Gasteiger partial charge in [-0.15, -0.1) is 0 Å². The largest absolute Gasteiger partial charge is 0.285 e. The number of hydrogen-bond donors (Lipinski definition) is 0. The lowest BCUT2D eigenvalue weighted by Crippen LogP contribution is -1.98. The summed E-state index contributed by atoms with van der Waals surface area (Å²) in [5.41, 5.74) is 6.65. The molecule has 2 heterocycles. The minimum Gasteiger partial charge on any atom is -0.285 e. The Labute approximate surface area is 117 Å². The molecule has 0 radical (unpaired) electrons. The second-order valence-corrected chi connectivity index (χ2v) is 5.39. The summed E-state index contributed by atoms with van der Waals surface area (Å²) in [5.74, 6) is 0. The van der Waals surface area contributed by atoms with Gasteiger partial charge in [0, 0.05) is 28.4 Å². The summed E-state index contributed by atoms with van der Waals surface area (Å²) < 4.78 is 0. The molecule has 1 aliphatic heterocycles. The Morgan fingerprint density at radius 2 is 2.00 bits per heavy atom. The molecule has 2 nitrogen and oxygen atoms in total. The van der Waals surface area contributed by atoms with E-state index in [9.17, 15) is 0 Å². The zero-order chi connectivity index (χ0) is 13.6. The molecule has 19 heavy (non-hydrogen) atoms. The third-order valence-corrected chi connectivity index (χ3v) is 4.03. The summed E-state index contributed by atoms with van der Waals surface area (Å²) in [6, 6.07) is 6.15. The summed E-state index contributed by atoms with van der Waals surface area (Å²) >= 11 is 6.57. The van der Waals surface area contributed by atoms with E-state index in [-0.39, 0.29) is 0 Å². The van der Waals surface area contributed by atoms with Crippen molar-refractivity contribution >= 4 is 33.8 Å². The van der Waals surface area contributed by atoms with Gasteiger partial charge in [-0.25, -0.2) is 0 Å². The molecule has 0 spiro atoms. The van der Waals surface area contributed by atoms with E-state index in [4.69, 9.17) is 11.6 Å². The topological polar surface area (TPSA) is 25.2 Å². The SMILES string of the molecule is CC1=NCC(C)=C1c1cc(C)c2cccnc2c1Cl. The molecule has 3 heteroatoms. The maximum atomic E-state index is 6.57. The number of nitrogens with zero attached hydrogens (tertiary/aromatic N) is 2. The molecule has 0 saturated carbocycles. The average molecular weight is 271 g/mol. The van der Waals surface area contributed by atoms with Gasteiger partial charge in [0.25, 0.3) is 0 Å². The van der Waals surface area contributed by atoms with Crippen molar-refractivity contribution in [3.8, 4) is 0 Å². The van der Waals surface area contributed by atoms with E-state index in [1.165, 1.54) is 16.7 Å². The molecule has 3 rings (SSSR count). The smallest absolute Gasteiger partial charge is 0.0897 e. The third kappa shape index (κ3) is 1.87. The predicted molar refractivity (Wildman–Crippen MR) is 82.1 cm³/mol. The molecular weight excluding hydrogens is 256 g/mol. The number of aliphatic imine (C=N–C) groups is 1. The highest BCUT2D eigenvalue weighted by molar-refractivity contribution is 6.39. The first-order valence-electron chi connectivity index (χ1n) is 6.35. The lowest BCUT2D eigenvalue weighted by molar-refractivity contribution is 1.18. The highest BCUT2D eigenvalue weighted by atomic mass is 35.5. The molecule has 0 bridgehead atoms. The van der Waals surface area contributed by atoms with E-state index in [2.05, 4.69) is 36.0 Å². The van der Waals surface area contributed by atoms with Crippen LogP contribution in [-0.4, -0.2) is 17.2 Å². The number of rotatable bonds is 1. The van der Waals surface area contributed by atoms with Crippen LogP contribution in [0.1, 0.15) is 25.0 Å². The number of aromatic nitrogens is 1. The Bertz CT molecular complexity index is 742.